The minimum atomic E-state index is -0.805. The predicted molar refractivity (Wildman–Crippen MR) is 62.1 cm³/mol. The van der Waals surface area contributed by atoms with E-state index in [-0.39, 0.29) is 12.5 Å². The van der Waals surface area contributed by atoms with E-state index >= 15 is 0 Å². The number of rotatable bonds is 5. The summed E-state index contributed by atoms with van der Waals surface area (Å²) in [7, 11) is 0. The molecule has 5 nitrogen and oxygen atoms in total. The molecule has 0 unspecified atom stereocenters. The van der Waals surface area contributed by atoms with E-state index in [1.807, 2.05) is 24.7 Å². The highest BCUT2D eigenvalue weighted by Crippen LogP contribution is 2.39. The van der Waals surface area contributed by atoms with E-state index in [1.165, 1.54) is 0 Å². The first kappa shape index (κ1) is 12.0. The van der Waals surface area contributed by atoms with E-state index in [4.69, 9.17) is 9.84 Å². The fourth-order valence-corrected chi connectivity index (χ4v) is 2.07. The van der Waals surface area contributed by atoms with Crippen LogP contribution in [0.4, 0.5) is 0 Å². The first-order valence-corrected chi connectivity index (χ1v) is 5.96. The van der Waals surface area contributed by atoms with Gasteiger partial charge in [-0.25, -0.2) is 0 Å². The topological polar surface area (TPSA) is 64.3 Å². The highest BCUT2D eigenvalue weighted by molar-refractivity contribution is 5.68. The van der Waals surface area contributed by atoms with Gasteiger partial charge in [0.05, 0.1) is 18.8 Å². The molecule has 1 aliphatic carbocycles. The molecule has 1 saturated carbocycles. The number of hydrogen-bond acceptors (Lipinski definition) is 3. The fraction of sp³-hybridized carbons (Fsp3) is 0.667. The normalized spacial score (nSPS) is 17.8. The van der Waals surface area contributed by atoms with E-state index in [1.54, 1.807) is 6.20 Å². The summed E-state index contributed by atoms with van der Waals surface area (Å²) in [5.74, 6) is -0.138. The van der Waals surface area contributed by atoms with Gasteiger partial charge in [0.1, 0.15) is 5.60 Å². The number of aromatic nitrogens is 2. The fourth-order valence-electron chi connectivity index (χ4n) is 2.07. The Bertz CT molecular complexity index is 408. The molecule has 0 aliphatic heterocycles. The Kier molecular flexibility index (Phi) is 3.09. The lowest BCUT2D eigenvalue weighted by Gasteiger charge is -2.40. The van der Waals surface area contributed by atoms with Gasteiger partial charge in [-0.3, -0.25) is 9.48 Å². The van der Waals surface area contributed by atoms with Gasteiger partial charge in [0, 0.05) is 6.04 Å². The van der Waals surface area contributed by atoms with Gasteiger partial charge in [-0.15, -0.1) is 0 Å². The average molecular weight is 238 g/mol. The zero-order valence-corrected chi connectivity index (χ0v) is 10.2. The summed E-state index contributed by atoms with van der Waals surface area (Å²) in [6.45, 7) is 4.07. The van der Waals surface area contributed by atoms with Gasteiger partial charge in [-0.1, -0.05) is 0 Å². The van der Waals surface area contributed by atoms with Gasteiger partial charge in [0.2, 0.25) is 0 Å². The molecule has 0 aromatic carbocycles. The van der Waals surface area contributed by atoms with Crippen molar-refractivity contribution in [3.63, 3.8) is 0 Å². The van der Waals surface area contributed by atoms with Crippen LogP contribution in [0.3, 0.4) is 0 Å². The Morgan fingerprint density at radius 1 is 1.65 bits per heavy atom. The molecule has 0 bridgehead atoms. The quantitative estimate of drug-likeness (QED) is 0.854. The summed E-state index contributed by atoms with van der Waals surface area (Å²) in [5.41, 5.74) is -0.503. The largest absolute Gasteiger partial charge is 0.483 e. The van der Waals surface area contributed by atoms with Gasteiger partial charge >= 0.3 is 5.97 Å². The standard InChI is InChI=1S/C12H18N2O3/c1-9(2)14-8-10(7-13-14)17-12(4-3-5-12)6-11(15)16/h7-9H,3-6H2,1-2H3,(H,15,16). The maximum atomic E-state index is 10.8. The second-order valence-electron chi connectivity index (χ2n) is 4.96. The van der Waals surface area contributed by atoms with E-state index in [0.29, 0.717) is 5.75 Å². The molecule has 0 atom stereocenters. The molecule has 1 N–H and O–H groups in total. The van der Waals surface area contributed by atoms with Gasteiger partial charge in [0.25, 0.3) is 0 Å². The number of ether oxygens (including phenoxy) is 1. The molecule has 0 saturated heterocycles. The monoisotopic (exact) mass is 238 g/mol. The van der Waals surface area contributed by atoms with E-state index in [2.05, 4.69) is 5.10 Å². The third kappa shape index (κ3) is 2.60. The van der Waals surface area contributed by atoms with Gasteiger partial charge in [-0.05, 0) is 33.1 Å². The number of carboxylic acid groups (broad SMARTS) is 1. The number of nitrogens with zero attached hydrogens (tertiary/aromatic N) is 2. The SMILES string of the molecule is CC(C)n1cc(OC2(CC(=O)O)CCC2)cn1. The third-order valence-corrected chi connectivity index (χ3v) is 3.18. The van der Waals surface area contributed by atoms with Crippen molar-refractivity contribution in [1.82, 2.24) is 9.78 Å². The Balaban J connectivity index is 2.05. The van der Waals surface area contributed by atoms with Crippen LogP contribution in [0.25, 0.3) is 0 Å². The second-order valence-corrected chi connectivity index (χ2v) is 4.96. The predicted octanol–water partition coefficient (Wildman–Crippen LogP) is 2.24. The summed E-state index contributed by atoms with van der Waals surface area (Å²) in [5, 5.41) is 13.1. The van der Waals surface area contributed by atoms with Gasteiger partial charge < -0.3 is 9.84 Å². The van der Waals surface area contributed by atoms with Crippen LogP contribution in [0, 0.1) is 0 Å². The van der Waals surface area contributed by atoms with Crippen molar-refractivity contribution in [2.75, 3.05) is 0 Å². The van der Waals surface area contributed by atoms with Crippen LogP contribution in [0.1, 0.15) is 45.6 Å². The smallest absolute Gasteiger partial charge is 0.307 e. The summed E-state index contributed by atoms with van der Waals surface area (Å²) in [6, 6.07) is 0.282. The minimum Gasteiger partial charge on any atom is -0.483 e. The second kappa shape index (κ2) is 4.39. The molecule has 0 radical (unpaired) electrons. The lowest BCUT2D eigenvalue weighted by Crippen LogP contribution is -2.44. The molecule has 0 spiro atoms. The third-order valence-electron chi connectivity index (χ3n) is 3.18. The molecule has 0 amide bonds. The van der Waals surface area contributed by atoms with Crippen molar-refractivity contribution in [2.45, 2.75) is 51.2 Å². The molecule has 1 aromatic heterocycles. The molecule has 1 aromatic rings. The first-order valence-electron chi connectivity index (χ1n) is 5.96. The van der Waals surface area contributed by atoms with Crippen molar-refractivity contribution in [2.24, 2.45) is 0 Å². The molecule has 1 aliphatic rings. The molecule has 5 heteroatoms. The summed E-state index contributed by atoms with van der Waals surface area (Å²) in [6.07, 6.45) is 6.21. The summed E-state index contributed by atoms with van der Waals surface area (Å²) < 4.78 is 7.62. The van der Waals surface area contributed by atoms with E-state index in [0.717, 1.165) is 19.3 Å². The van der Waals surface area contributed by atoms with Gasteiger partial charge in [-0.2, -0.15) is 5.10 Å². The lowest BCUT2D eigenvalue weighted by molar-refractivity contribution is -0.144. The summed E-state index contributed by atoms with van der Waals surface area (Å²) >= 11 is 0. The van der Waals surface area contributed by atoms with Crippen molar-refractivity contribution < 1.29 is 14.6 Å². The Morgan fingerprint density at radius 2 is 2.35 bits per heavy atom. The van der Waals surface area contributed by atoms with Crippen LogP contribution in [0.5, 0.6) is 5.75 Å². The van der Waals surface area contributed by atoms with Crippen molar-refractivity contribution in [3.8, 4) is 5.75 Å². The number of carboxylic acids is 1. The van der Waals surface area contributed by atoms with Crippen molar-refractivity contribution in [3.05, 3.63) is 12.4 Å². The molecular formula is C12H18N2O3. The zero-order valence-electron chi connectivity index (χ0n) is 10.2. The Hall–Kier alpha value is -1.52. The molecule has 94 valence electrons. The Labute approximate surface area is 100 Å². The van der Waals surface area contributed by atoms with Crippen LogP contribution < -0.4 is 4.74 Å². The number of aliphatic carboxylic acids is 1. The van der Waals surface area contributed by atoms with Crippen LogP contribution in [-0.2, 0) is 4.79 Å². The van der Waals surface area contributed by atoms with Crippen molar-refractivity contribution in [1.29, 1.82) is 0 Å². The van der Waals surface area contributed by atoms with Gasteiger partial charge in [0.15, 0.2) is 5.75 Å². The molecular weight excluding hydrogens is 220 g/mol. The minimum absolute atomic E-state index is 0.0693. The molecule has 1 fully saturated rings. The summed E-state index contributed by atoms with van der Waals surface area (Å²) in [4.78, 5) is 10.8. The van der Waals surface area contributed by atoms with Crippen LogP contribution in [0.2, 0.25) is 0 Å². The zero-order chi connectivity index (χ0) is 12.5. The van der Waals surface area contributed by atoms with E-state index in [9.17, 15) is 4.79 Å². The number of hydrogen-bond donors (Lipinski definition) is 1. The lowest BCUT2D eigenvalue weighted by atomic mass is 9.77. The maximum absolute atomic E-state index is 10.8. The molecule has 17 heavy (non-hydrogen) atoms. The molecule has 1 heterocycles. The highest BCUT2D eigenvalue weighted by atomic mass is 16.5. The average Bonchev–Trinajstić information content (AvgIpc) is 2.62. The van der Waals surface area contributed by atoms with Crippen LogP contribution >= 0.6 is 0 Å². The van der Waals surface area contributed by atoms with Crippen LogP contribution in [0.15, 0.2) is 12.4 Å². The first-order chi connectivity index (χ1) is 8.01. The number of carbonyl (C=O) groups is 1. The van der Waals surface area contributed by atoms with E-state index < -0.39 is 11.6 Å². The highest BCUT2D eigenvalue weighted by Gasteiger charge is 2.41. The van der Waals surface area contributed by atoms with Crippen LogP contribution in [-0.4, -0.2) is 26.5 Å². The molecule has 2 rings (SSSR count). The van der Waals surface area contributed by atoms with Crippen molar-refractivity contribution >= 4 is 5.97 Å². The maximum Gasteiger partial charge on any atom is 0.307 e. The Morgan fingerprint density at radius 3 is 2.76 bits per heavy atom.